The number of rotatable bonds is 1. The summed E-state index contributed by atoms with van der Waals surface area (Å²) in [4.78, 5) is 17.8. The van der Waals surface area contributed by atoms with E-state index in [1.807, 2.05) is 36.4 Å². The van der Waals surface area contributed by atoms with Crippen LogP contribution in [0.2, 0.25) is 0 Å². The Morgan fingerprint density at radius 3 is 2.64 bits per heavy atom. The van der Waals surface area contributed by atoms with E-state index in [2.05, 4.69) is 10.9 Å². The molecule has 1 N–H and O–H groups in total. The van der Waals surface area contributed by atoms with Crippen molar-refractivity contribution in [2.24, 2.45) is 4.99 Å². The summed E-state index contributed by atoms with van der Waals surface area (Å²) in [5.74, 6) is 2.11. The number of aliphatic hydroxyl groups excluding tert-OH is 1. The van der Waals surface area contributed by atoms with Crippen molar-refractivity contribution in [2.45, 2.75) is 6.23 Å². The average molecular weight is 290 g/mol. The molecule has 1 unspecified atom stereocenters. The molecule has 0 bridgehead atoms. The van der Waals surface area contributed by atoms with Gasteiger partial charge in [-0.2, -0.15) is 0 Å². The number of hydrogen-bond donors (Lipinski definition) is 1. The molecule has 0 radical (unpaired) electrons. The quantitative estimate of drug-likeness (QED) is 0.814. The lowest BCUT2D eigenvalue weighted by Crippen LogP contribution is -2.34. The van der Waals surface area contributed by atoms with Crippen LogP contribution in [0.25, 0.3) is 0 Å². The molecule has 2 aromatic carbocycles. The lowest BCUT2D eigenvalue weighted by molar-refractivity contribution is -0.125. The zero-order valence-corrected chi connectivity index (χ0v) is 12.0. The Labute approximate surface area is 128 Å². The number of aliphatic imine (C=N–C) groups is 1. The number of terminal acetylenes is 1. The molecular weight excluding hydrogens is 276 g/mol. The highest BCUT2D eigenvalue weighted by Gasteiger charge is 2.28. The van der Waals surface area contributed by atoms with Gasteiger partial charge < -0.3 is 10.0 Å². The van der Waals surface area contributed by atoms with E-state index in [4.69, 9.17) is 6.42 Å². The highest BCUT2D eigenvalue weighted by Crippen LogP contribution is 2.28. The van der Waals surface area contributed by atoms with Crippen molar-refractivity contribution in [3.8, 4) is 12.3 Å². The van der Waals surface area contributed by atoms with Gasteiger partial charge in [0, 0.05) is 23.7 Å². The minimum absolute atomic E-state index is 0.472. The Hall–Kier alpha value is -2.90. The second-order valence-electron chi connectivity index (χ2n) is 4.99. The SMILES string of the molecule is C#Cc1ccc2c(c1)C(c1ccccc1)=NC(O)C(=O)N2C. The lowest BCUT2D eigenvalue weighted by Gasteiger charge is -2.18. The lowest BCUT2D eigenvalue weighted by atomic mass is 9.98. The van der Waals surface area contributed by atoms with E-state index in [1.54, 1.807) is 19.2 Å². The summed E-state index contributed by atoms with van der Waals surface area (Å²) >= 11 is 0. The molecule has 0 spiro atoms. The number of hydrogen-bond acceptors (Lipinski definition) is 3. The number of anilines is 1. The summed E-state index contributed by atoms with van der Waals surface area (Å²) in [6.45, 7) is 0. The maximum absolute atomic E-state index is 12.2. The Morgan fingerprint density at radius 1 is 1.23 bits per heavy atom. The van der Waals surface area contributed by atoms with E-state index in [0.29, 0.717) is 17.0 Å². The Morgan fingerprint density at radius 2 is 1.95 bits per heavy atom. The third-order valence-corrected chi connectivity index (χ3v) is 3.63. The molecule has 0 aromatic heterocycles. The van der Waals surface area contributed by atoms with Crippen molar-refractivity contribution < 1.29 is 9.90 Å². The van der Waals surface area contributed by atoms with Crippen LogP contribution in [-0.2, 0) is 4.79 Å². The van der Waals surface area contributed by atoms with Crippen LogP contribution in [0.4, 0.5) is 5.69 Å². The summed E-state index contributed by atoms with van der Waals surface area (Å²) in [5, 5.41) is 10.0. The molecule has 0 saturated carbocycles. The first kappa shape index (κ1) is 14.1. The molecule has 1 aliphatic heterocycles. The Kier molecular flexibility index (Phi) is 3.50. The number of likely N-dealkylation sites (N-methyl/N-ethyl adjacent to an activating group) is 1. The first-order chi connectivity index (χ1) is 10.6. The summed E-state index contributed by atoms with van der Waals surface area (Å²) in [6, 6.07) is 14.8. The van der Waals surface area contributed by atoms with Crippen LogP contribution in [0.1, 0.15) is 16.7 Å². The summed E-state index contributed by atoms with van der Waals surface area (Å²) < 4.78 is 0. The van der Waals surface area contributed by atoms with Gasteiger partial charge in [0.1, 0.15) is 0 Å². The zero-order valence-electron chi connectivity index (χ0n) is 12.0. The molecule has 1 atom stereocenters. The fourth-order valence-electron chi connectivity index (χ4n) is 2.47. The van der Waals surface area contributed by atoms with Gasteiger partial charge in [0.25, 0.3) is 5.91 Å². The summed E-state index contributed by atoms with van der Waals surface area (Å²) in [5.41, 5.74) is 3.47. The van der Waals surface area contributed by atoms with Crippen LogP contribution < -0.4 is 4.90 Å². The fraction of sp³-hybridized carbons (Fsp3) is 0.111. The third-order valence-electron chi connectivity index (χ3n) is 3.63. The van der Waals surface area contributed by atoms with Crippen LogP contribution in [0.15, 0.2) is 53.5 Å². The van der Waals surface area contributed by atoms with E-state index < -0.39 is 12.1 Å². The fourth-order valence-corrected chi connectivity index (χ4v) is 2.47. The smallest absolute Gasteiger partial charge is 0.278 e. The van der Waals surface area contributed by atoms with E-state index in [0.717, 1.165) is 11.1 Å². The first-order valence-electron chi connectivity index (χ1n) is 6.81. The van der Waals surface area contributed by atoms with Crippen LogP contribution in [-0.4, -0.2) is 30.0 Å². The normalized spacial score (nSPS) is 17.3. The number of benzene rings is 2. The highest BCUT2D eigenvalue weighted by atomic mass is 16.3. The van der Waals surface area contributed by atoms with E-state index >= 15 is 0 Å². The Balaban J connectivity index is 2.29. The van der Waals surface area contributed by atoms with Crippen molar-refractivity contribution in [3.05, 3.63) is 65.2 Å². The molecule has 2 aromatic rings. The van der Waals surface area contributed by atoms with E-state index in [1.165, 1.54) is 4.90 Å². The van der Waals surface area contributed by atoms with Gasteiger partial charge in [-0.25, -0.2) is 4.99 Å². The van der Waals surface area contributed by atoms with Gasteiger partial charge in [-0.05, 0) is 18.2 Å². The van der Waals surface area contributed by atoms with E-state index in [-0.39, 0.29) is 0 Å². The zero-order chi connectivity index (χ0) is 15.7. The topological polar surface area (TPSA) is 52.9 Å². The number of carbonyl (C=O) groups excluding carboxylic acids is 1. The maximum atomic E-state index is 12.2. The molecular formula is C18H14N2O2. The van der Waals surface area contributed by atoms with Gasteiger partial charge in [0.15, 0.2) is 0 Å². The van der Waals surface area contributed by atoms with Crippen LogP contribution in [0.3, 0.4) is 0 Å². The second kappa shape index (κ2) is 5.47. The predicted molar refractivity (Wildman–Crippen MR) is 85.9 cm³/mol. The average Bonchev–Trinajstić information content (AvgIpc) is 2.66. The Bertz CT molecular complexity index is 804. The third kappa shape index (κ3) is 2.28. The van der Waals surface area contributed by atoms with Gasteiger partial charge in [0.2, 0.25) is 6.23 Å². The van der Waals surface area contributed by atoms with Crippen molar-refractivity contribution in [1.29, 1.82) is 0 Å². The number of amides is 1. The maximum Gasteiger partial charge on any atom is 0.278 e. The molecule has 0 saturated heterocycles. The molecule has 1 amide bonds. The predicted octanol–water partition coefficient (Wildman–Crippen LogP) is 1.80. The van der Waals surface area contributed by atoms with Crippen molar-refractivity contribution in [1.82, 2.24) is 0 Å². The molecule has 0 fully saturated rings. The van der Waals surface area contributed by atoms with Crippen molar-refractivity contribution >= 4 is 17.3 Å². The summed E-state index contributed by atoms with van der Waals surface area (Å²) in [6.07, 6.45) is 4.05. The van der Waals surface area contributed by atoms with Crippen LogP contribution in [0, 0.1) is 12.3 Å². The molecule has 1 heterocycles. The second-order valence-corrected chi connectivity index (χ2v) is 4.99. The highest BCUT2D eigenvalue weighted by molar-refractivity contribution is 6.19. The molecule has 4 heteroatoms. The monoisotopic (exact) mass is 290 g/mol. The van der Waals surface area contributed by atoms with Gasteiger partial charge in [-0.15, -0.1) is 6.42 Å². The van der Waals surface area contributed by atoms with E-state index in [9.17, 15) is 9.90 Å². The summed E-state index contributed by atoms with van der Waals surface area (Å²) in [7, 11) is 1.61. The number of aliphatic hydroxyl groups is 1. The van der Waals surface area contributed by atoms with Crippen molar-refractivity contribution in [3.63, 3.8) is 0 Å². The van der Waals surface area contributed by atoms with Crippen LogP contribution in [0.5, 0.6) is 0 Å². The first-order valence-corrected chi connectivity index (χ1v) is 6.81. The van der Waals surface area contributed by atoms with Crippen LogP contribution >= 0.6 is 0 Å². The largest absolute Gasteiger partial charge is 0.364 e. The van der Waals surface area contributed by atoms with Gasteiger partial charge in [-0.3, -0.25) is 4.79 Å². The number of benzodiazepines with no additional fused rings is 1. The molecule has 4 nitrogen and oxygen atoms in total. The van der Waals surface area contributed by atoms with Gasteiger partial charge in [0.05, 0.1) is 11.4 Å². The number of carbonyl (C=O) groups is 1. The van der Waals surface area contributed by atoms with Crippen molar-refractivity contribution in [2.75, 3.05) is 11.9 Å². The molecule has 0 aliphatic carbocycles. The number of nitrogens with zero attached hydrogens (tertiary/aromatic N) is 2. The minimum Gasteiger partial charge on any atom is -0.364 e. The standard InChI is InChI=1S/C18H14N2O2/c1-3-12-9-10-15-14(11-12)16(13-7-5-4-6-8-13)19-17(21)18(22)20(15)2/h1,4-11,17,21H,2H3. The van der Waals surface area contributed by atoms with Gasteiger partial charge in [-0.1, -0.05) is 36.3 Å². The molecule has 22 heavy (non-hydrogen) atoms. The number of fused-ring (bicyclic) bond motifs is 1. The minimum atomic E-state index is -1.43. The molecule has 1 aliphatic rings. The van der Waals surface area contributed by atoms with Gasteiger partial charge >= 0.3 is 0 Å². The molecule has 108 valence electrons. The molecule has 3 rings (SSSR count).